The normalized spacial score (nSPS) is 42.5. The van der Waals surface area contributed by atoms with Crippen LogP contribution < -0.4 is 0 Å². The van der Waals surface area contributed by atoms with Gasteiger partial charge in [0.1, 0.15) is 0 Å². The second-order valence-corrected chi connectivity index (χ2v) is 5.83. The summed E-state index contributed by atoms with van der Waals surface area (Å²) in [6.07, 6.45) is -1.94. The number of hydrogen-bond acceptors (Lipinski definition) is 2. The topological polar surface area (TPSA) is 0 Å². The molecule has 13 heavy (non-hydrogen) atoms. The van der Waals surface area contributed by atoms with Crippen molar-refractivity contribution in [3.05, 3.63) is 0 Å². The first-order chi connectivity index (χ1) is 5.93. The van der Waals surface area contributed by atoms with Crippen LogP contribution in [0.5, 0.6) is 0 Å². The second kappa shape index (κ2) is 2.75. The van der Waals surface area contributed by atoms with Gasteiger partial charge in [0.15, 0.2) is 0 Å². The van der Waals surface area contributed by atoms with Crippen molar-refractivity contribution in [3.8, 4) is 0 Å². The van der Waals surface area contributed by atoms with Gasteiger partial charge in [0, 0.05) is 5.75 Å². The average molecular weight is 228 g/mol. The van der Waals surface area contributed by atoms with E-state index in [-0.39, 0.29) is 5.41 Å². The minimum Gasteiger partial charge on any atom is -0.171 e. The lowest BCUT2D eigenvalue weighted by atomic mass is 9.34. The highest BCUT2D eigenvalue weighted by atomic mass is 33.1. The van der Waals surface area contributed by atoms with Gasteiger partial charge in [-0.3, -0.25) is 0 Å². The Morgan fingerprint density at radius 2 is 1.77 bits per heavy atom. The van der Waals surface area contributed by atoms with Crippen LogP contribution in [0, 0.1) is 10.8 Å². The van der Waals surface area contributed by atoms with Gasteiger partial charge in [0.05, 0.1) is 5.41 Å². The molecule has 0 amide bonds. The smallest absolute Gasteiger partial charge is 0.171 e. The molecule has 76 valence electrons. The van der Waals surface area contributed by atoms with E-state index in [9.17, 15) is 13.2 Å². The molecule has 3 saturated carbocycles. The molecule has 3 aliphatic carbocycles. The highest BCUT2D eigenvalue weighted by Crippen LogP contribution is 2.79. The molecule has 0 aromatic heterocycles. The molecule has 0 aliphatic heterocycles. The fourth-order valence-corrected chi connectivity index (χ4v) is 3.62. The number of rotatable bonds is 3. The van der Waals surface area contributed by atoms with Crippen molar-refractivity contribution in [2.24, 2.45) is 10.8 Å². The second-order valence-electron chi connectivity index (χ2n) is 4.39. The van der Waals surface area contributed by atoms with Gasteiger partial charge in [-0.1, -0.05) is 10.8 Å². The third-order valence-electron chi connectivity index (χ3n) is 3.47. The van der Waals surface area contributed by atoms with E-state index in [1.165, 1.54) is 10.8 Å². The number of thiol groups is 1. The van der Waals surface area contributed by atoms with E-state index in [1.807, 2.05) is 0 Å². The van der Waals surface area contributed by atoms with Crippen molar-refractivity contribution >= 4 is 22.5 Å². The Kier molecular flexibility index (Phi) is 2.12. The fraction of sp³-hybridized carbons (Fsp3) is 1.00. The molecule has 0 atom stereocenters. The maximum Gasteiger partial charge on any atom is 0.394 e. The standard InChI is InChI=1S/C8H11F3S2/c9-8(10,11)7-3-6(4-7,5-7)1-2-13-12/h12H,1-5H2. The first kappa shape index (κ1) is 10.0. The zero-order valence-corrected chi connectivity index (χ0v) is 8.74. The molecule has 3 fully saturated rings. The lowest BCUT2D eigenvalue weighted by Crippen LogP contribution is -2.68. The van der Waals surface area contributed by atoms with Crippen molar-refractivity contribution in [2.75, 3.05) is 5.75 Å². The van der Waals surface area contributed by atoms with E-state index in [1.54, 1.807) is 0 Å². The number of alkyl halides is 3. The van der Waals surface area contributed by atoms with Crippen molar-refractivity contribution < 1.29 is 13.2 Å². The van der Waals surface area contributed by atoms with E-state index in [2.05, 4.69) is 11.7 Å². The Hall–Kier alpha value is 0.490. The summed E-state index contributed by atoms with van der Waals surface area (Å²) >= 11 is 3.98. The van der Waals surface area contributed by atoms with Crippen LogP contribution in [0.25, 0.3) is 0 Å². The SMILES string of the molecule is FC(F)(F)C12CC(CCSS)(C1)C2. The van der Waals surface area contributed by atoms with Crippen LogP contribution in [-0.2, 0) is 0 Å². The Balaban J connectivity index is 1.86. The van der Waals surface area contributed by atoms with Gasteiger partial charge in [-0.15, -0.1) is 11.7 Å². The monoisotopic (exact) mass is 228 g/mol. The zero-order valence-electron chi connectivity index (χ0n) is 7.02. The fourth-order valence-electron chi connectivity index (χ4n) is 2.83. The van der Waals surface area contributed by atoms with Crippen molar-refractivity contribution in [1.82, 2.24) is 0 Å². The summed E-state index contributed by atoms with van der Waals surface area (Å²) in [6.45, 7) is 0. The maximum atomic E-state index is 12.4. The van der Waals surface area contributed by atoms with Crippen molar-refractivity contribution in [3.63, 3.8) is 0 Å². The third kappa shape index (κ3) is 1.30. The number of halogens is 3. The molecule has 3 rings (SSSR count). The van der Waals surface area contributed by atoms with Gasteiger partial charge in [-0.05, 0) is 31.1 Å². The largest absolute Gasteiger partial charge is 0.394 e. The third-order valence-corrected chi connectivity index (χ3v) is 4.40. The van der Waals surface area contributed by atoms with E-state index in [0.717, 1.165) is 12.2 Å². The van der Waals surface area contributed by atoms with Gasteiger partial charge in [0.25, 0.3) is 0 Å². The lowest BCUT2D eigenvalue weighted by molar-refractivity contribution is -0.363. The molecular weight excluding hydrogens is 217 g/mol. The first-order valence-electron chi connectivity index (χ1n) is 4.26. The average Bonchev–Trinajstić information content (AvgIpc) is 1.78. The summed E-state index contributed by atoms with van der Waals surface area (Å²) in [5.74, 6) is 0.872. The molecule has 0 N–H and O–H groups in total. The van der Waals surface area contributed by atoms with Gasteiger partial charge >= 0.3 is 6.18 Å². The Bertz CT molecular complexity index is 204. The molecule has 0 radical (unpaired) electrons. The molecule has 2 bridgehead atoms. The van der Waals surface area contributed by atoms with Crippen LogP contribution >= 0.6 is 22.5 Å². The molecule has 0 spiro atoms. The van der Waals surface area contributed by atoms with Crippen LogP contribution in [0.15, 0.2) is 0 Å². The molecular formula is C8H11F3S2. The van der Waals surface area contributed by atoms with Gasteiger partial charge < -0.3 is 0 Å². The zero-order chi connectivity index (χ0) is 9.74. The minimum atomic E-state index is -3.96. The molecule has 3 aliphatic rings. The Morgan fingerprint density at radius 3 is 2.15 bits per heavy atom. The van der Waals surface area contributed by atoms with Crippen LogP contribution in [-0.4, -0.2) is 11.9 Å². The van der Waals surface area contributed by atoms with Gasteiger partial charge in [0.2, 0.25) is 0 Å². The first-order valence-corrected chi connectivity index (χ1v) is 6.30. The summed E-state index contributed by atoms with van der Waals surface area (Å²) in [7, 11) is 1.42. The summed E-state index contributed by atoms with van der Waals surface area (Å²) in [4.78, 5) is 0. The van der Waals surface area contributed by atoms with E-state index >= 15 is 0 Å². The molecule has 0 heterocycles. The van der Waals surface area contributed by atoms with E-state index in [0.29, 0.717) is 19.3 Å². The van der Waals surface area contributed by atoms with E-state index in [4.69, 9.17) is 0 Å². The van der Waals surface area contributed by atoms with Crippen LogP contribution in [0.3, 0.4) is 0 Å². The number of hydrogen-bond donors (Lipinski definition) is 1. The summed E-state index contributed by atoms with van der Waals surface area (Å²) in [5.41, 5.74) is -1.22. The molecule has 0 nitrogen and oxygen atoms in total. The minimum absolute atomic E-state index is 0.0469. The summed E-state index contributed by atoms with van der Waals surface area (Å²) in [5, 5.41) is 0. The predicted molar refractivity (Wildman–Crippen MR) is 50.8 cm³/mol. The highest BCUT2D eigenvalue weighted by molar-refractivity contribution is 8.68. The van der Waals surface area contributed by atoms with E-state index < -0.39 is 11.6 Å². The molecule has 5 heteroatoms. The molecule has 0 saturated heterocycles. The van der Waals surface area contributed by atoms with Gasteiger partial charge in [-0.2, -0.15) is 13.2 Å². The quantitative estimate of drug-likeness (QED) is 0.568. The lowest BCUT2D eigenvalue weighted by Gasteiger charge is -2.71. The van der Waals surface area contributed by atoms with Crippen LogP contribution in [0.2, 0.25) is 0 Å². The van der Waals surface area contributed by atoms with Crippen LogP contribution in [0.4, 0.5) is 13.2 Å². The van der Waals surface area contributed by atoms with Crippen molar-refractivity contribution in [1.29, 1.82) is 0 Å². The molecule has 0 unspecified atom stereocenters. The van der Waals surface area contributed by atoms with Gasteiger partial charge in [-0.25, -0.2) is 0 Å². The maximum absolute atomic E-state index is 12.4. The van der Waals surface area contributed by atoms with Crippen LogP contribution in [0.1, 0.15) is 25.7 Å². The molecule has 0 aromatic carbocycles. The predicted octanol–water partition coefficient (Wildman–Crippen LogP) is 3.69. The highest BCUT2D eigenvalue weighted by Gasteiger charge is 2.77. The Morgan fingerprint density at radius 1 is 1.23 bits per heavy atom. The van der Waals surface area contributed by atoms with Crippen molar-refractivity contribution in [2.45, 2.75) is 31.9 Å². The Labute approximate surface area is 84.5 Å². The summed E-state index contributed by atoms with van der Waals surface area (Å²) in [6, 6.07) is 0. The summed E-state index contributed by atoms with van der Waals surface area (Å²) < 4.78 is 37.2. The molecule has 0 aromatic rings.